The molecular weight excluding hydrogens is 259 g/mol. The Morgan fingerprint density at radius 3 is 2.05 bits per heavy atom. The third-order valence-electron chi connectivity index (χ3n) is 3.59. The van der Waals surface area contributed by atoms with Gasteiger partial charge in [-0.25, -0.2) is 4.39 Å². The van der Waals surface area contributed by atoms with Crippen LogP contribution in [0.4, 0.5) is 4.39 Å². The Morgan fingerprint density at radius 2 is 1.50 bits per heavy atom. The smallest absolute Gasteiger partial charge is 0.282 e. The Bertz CT molecular complexity index is 370. The van der Waals surface area contributed by atoms with Crippen molar-refractivity contribution in [2.24, 2.45) is 0 Å². The van der Waals surface area contributed by atoms with Gasteiger partial charge >= 0.3 is 0 Å². The summed E-state index contributed by atoms with van der Waals surface area (Å²) in [6, 6.07) is 5.48. The highest BCUT2D eigenvalue weighted by Gasteiger charge is 2.32. The SMILES string of the molecule is CCCCCCCCC(c1ccc(F)cc1)C(O)(O)O. The minimum absolute atomic E-state index is 0.383. The summed E-state index contributed by atoms with van der Waals surface area (Å²) in [6.45, 7) is 2.15. The number of aliphatic hydroxyl groups is 3. The lowest BCUT2D eigenvalue weighted by Gasteiger charge is -2.26. The van der Waals surface area contributed by atoms with E-state index in [1.165, 1.54) is 43.5 Å². The highest BCUT2D eigenvalue weighted by molar-refractivity contribution is 5.21. The molecule has 3 N–H and O–H groups in total. The standard InChI is InChI=1S/C16H25FO3/c1-2-3-4-5-6-7-8-15(16(18,19)20)13-9-11-14(17)12-10-13/h9-12,15,18-20H,2-8H2,1H3. The zero-order valence-corrected chi connectivity index (χ0v) is 12.1. The first-order valence-electron chi connectivity index (χ1n) is 7.37. The van der Waals surface area contributed by atoms with Crippen LogP contribution >= 0.6 is 0 Å². The van der Waals surface area contributed by atoms with E-state index in [1.807, 2.05) is 0 Å². The van der Waals surface area contributed by atoms with Crippen molar-refractivity contribution >= 4 is 0 Å². The lowest BCUT2D eigenvalue weighted by molar-refractivity contribution is -0.326. The van der Waals surface area contributed by atoms with Crippen LogP contribution in [0.3, 0.4) is 0 Å². The van der Waals surface area contributed by atoms with Crippen LogP contribution in [0.25, 0.3) is 0 Å². The number of rotatable bonds is 9. The van der Waals surface area contributed by atoms with E-state index in [-0.39, 0.29) is 5.82 Å². The Kier molecular flexibility index (Phi) is 7.13. The number of benzene rings is 1. The molecule has 0 heterocycles. The monoisotopic (exact) mass is 284 g/mol. The molecule has 0 fully saturated rings. The molecule has 114 valence electrons. The van der Waals surface area contributed by atoms with E-state index in [0.29, 0.717) is 12.0 Å². The predicted molar refractivity (Wildman–Crippen MR) is 76.5 cm³/mol. The summed E-state index contributed by atoms with van der Waals surface area (Å²) in [5, 5.41) is 28.4. The third kappa shape index (κ3) is 5.99. The van der Waals surface area contributed by atoms with Gasteiger partial charge in [0.2, 0.25) is 0 Å². The van der Waals surface area contributed by atoms with Gasteiger partial charge in [0.1, 0.15) is 5.82 Å². The van der Waals surface area contributed by atoms with Gasteiger partial charge < -0.3 is 15.3 Å². The van der Waals surface area contributed by atoms with Gasteiger partial charge in [0.15, 0.2) is 0 Å². The van der Waals surface area contributed by atoms with Crippen LogP contribution in [0.1, 0.15) is 63.4 Å². The van der Waals surface area contributed by atoms with Crippen LogP contribution in [-0.4, -0.2) is 21.3 Å². The summed E-state index contributed by atoms with van der Waals surface area (Å²) in [5.41, 5.74) is 0.535. The van der Waals surface area contributed by atoms with Crippen LogP contribution in [0.15, 0.2) is 24.3 Å². The molecule has 0 saturated carbocycles. The average Bonchev–Trinajstić information content (AvgIpc) is 2.38. The summed E-state index contributed by atoms with van der Waals surface area (Å²) in [6.07, 6.45) is 6.94. The first kappa shape index (κ1) is 17.1. The summed E-state index contributed by atoms with van der Waals surface area (Å²) in [7, 11) is 0. The van der Waals surface area contributed by atoms with E-state index in [2.05, 4.69) is 6.92 Å². The van der Waals surface area contributed by atoms with E-state index in [0.717, 1.165) is 19.3 Å². The van der Waals surface area contributed by atoms with Gasteiger partial charge in [-0.2, -0.15) is 0 Å². The number of halogens is 1. The maximum absolute atomic E-state index is 12.9. The fourth-order valence-electron chi connectivity index (χ4n) is 2.41. The topological polar surface area (TPSA) is 60.7 Å². The third-order valence-corrected chi connectivity index (χ3v) is 3.59. The molecule has 0 radical (unpaired) electrons. The van der Waals surface area contributed by atoms with Crippen molar-refractivity contribution in [1.29, 1.82) is 0 Å². The van der Waals surface area contributed by atoms with Crippen LogP contribution in [0.5, 0.6) is 0 Å². The molecular formula is C16H25FO3. The summed E-state index contributed by atoms with van der Waals surface area (Å²) in [5.74, 6) is -3.96. The van der Waals surface area contributed by atoms with E-state index in [4.69, 9.17) is 0 Å². The molecule has 1 aromatic carbocycles. The highest BCUT2D eigenvalue weighted by Crippen LogP contribution is 2.30. The molecule has 0 aliphatic carbocycles. The van der Waals surface area contributed by atoms with Gasteiger partial charge in [0, 0.05) is 0 Å². The second-order valence-electron chi connectivity index (χ2n) is 5.35. The maximum atomic E-state index is 12.9. The molecule has 0 amide bonds. The molecule has 0 saturated heterocycles. The van der Waals surface area contributed by atoms with Crippen molar-refractivity contribution in [3.63, 3.8) is 0 Å². The number of unbranched alkanes of at least 4 members (excludes halogenated alkanes) is 5. The molecule has 0 aliphatic heterocycles. The molecule has 0 bridgehead atoms. The fraction of sp³-hybridized carbons (Fsp3) is 0.625. The largest absolute Gasteiger partial charge is 0.343 e. The first-order chi connectivity index (χ1) is 9.45. The molecule has 1 unspecified atom stereocenters. The van der Waals surface area contributed by atoms with Crippen molar-refractivity contribution in [3.8, 4) is 0 Å². The van der Waals surface area contributed by atoms with Crippen molar-refractivity contribution in [2.45, 2.75) is 63.8 Å². The van der Waals surface area contributed by atoms with Crippen molar-refractivity contribution in [3.05, 3.63) is 35.6 Å². The zero-order chi connectivity index (χ0) is 15.0. The summed E-state index contributed by atoms with van der Waals surface area (Å²) < 4.78 is 12.9. The molecule has 0 aromatic heterocycles. The minimum atomic E-state index is -2.76. The minimum Gasteiger partial charge on any atom is -0.343 e. The first-order valence-corrected chi connectivity index (χ1v) is 7.37. The summed E-state index contributed by atoms with van der Waals surface area (Å²) in [4.78, 5) is 0. The van der Waals surface area contributed by atoms with Gasteiger partial charge in [-0.15, -0.1) is 0 Å². The fourth-order valence-corrected chi connectivity index (χ4v) is 2.41. The Balaban J connectivity index is 2.51. The van der Waals surface area contributed by atoms with E-state index >= 15 is 0 Å². The second-order valence-corrected chi connectivity index (χ2v) is 5.35. The Labute approximate surface area is 120 Å². The maximum Gasteiger partial charge on any atom is 0.282 e. The van der Waals surface area contributed by atoms with Gasteiger partial charge in [0.25, 0.3) is 5.97 Å². The lowest BCUT2D eigenvalue weighted by Crippen LogP contribution is -2.35. The zero-order valence-electron chi connectivity index (χ0n) is 12.1. The molecule has 1 rings (SSSR count). The molecule has 0 spiro atoms. The quantitative estimate of drug-likeness (QED) is 0.481. The number of hydrogen-bond donors (Lipinski definition) is 3. The van der Waals surface area contributed by atoms with Crippen molar-refractivity contribution in [2.75, 3.05) is 0 Å². The second kappa shape index (κ2) is 8.35. The molecule has 20 heavy (non-hydrogen) atoms. The van der Waals surface area contributed by atoms with Crippen LogP contribution in [0.2, 0.25) is 0 Å². The van der Waals surface area contributed by atoms with E-state index < -0.39 is 11.9 Å². The Hall–Kier alpha value is -0.970. The molecule has 0 aliphatic rings. The molecule has 3 nitrogen and oxygen atoms in total. The molecule has 4 heteroatoms. The Morgan fingerprint density at radius 1 is 0.950 bits per heavy atom. The highest BCUT2D eigenvalue weighted by atomic mass is 19.1. The molecule has 1 aromatic rings. The van der Waals surface area contributed by atoms with Crippen LogP contribution < -0.4 is 0 Å². The normalized spacial score (nSPS) is 13.4. The lowest BCUT2D eigenvalue weighted by atomic mass is 9.90. The van der Waals surface area contributed by atoms with Gasteiger partial charge in [-0.1, -0.05) is 57.6 Å². The van der Waals surface area contributed by atoms with Crippen molar-refractivity contribution < 1.29 is 19.7 Å². The van der Waals surface area contributed by atoms with Crippen molar-refractivity contribution in [1.82, 2.24) is 0 Å². The average molecular weight is 284 g/mol. The van der Waals surface area contributed by atoms with Crippen LogP contribution in [-0.2, 0) is 0 Å². The molecule has 1 atom stereocenters. The van der Waals surface area contributed by atoms with Gasteiger partial charge in [-0.05, 0) is 24.1 Å². The summed E-state index contributed by atoms with van der Waals surface area (Å²) >= 11 is 0. The van der Waals surface area contributed by atoms with Gasteiger partial charge in [0.05, 0.1) is 5.92 Å². The predicted octanol–water partition coefficient (Wildman–Crippen LogP) is 3.29. The van der Waals surface area contributed by atoms with E-state index in [1.54, 1.807) is 0 Å². The van der Waals surface area contributed by atoms with Gasteiger partial charge in [-0.3, -0.25) is 0 Å². The van der Waals surface area contributed by atoms with Crippen LogP contribution in [0, 0.1) is 5.82 Å². The number of hydrogen-bond acceptors (Lipinski definition) is 3. The van der Waals surface area contributed by atoms with E-state index in [9.17, 15) is 19.7 Å².